The van der Waals surface area contributed by atoms with Crippen LogP contribution in [0.2, 0.25) is 0 Å². The molecule has 0 saturated carbocycles. The van der Waals surface area contributed by atoms with Crippen LogP contribution in [-0.4, -0.2) is 53.5 Å². The van der Waals surface area contributed by atoms with Gasteiger partial charge in [0.25, 0.3) is 0 Å². The van der Waals surface area contributed by atoms with E-state index in [-0.39, 0.29) is 12.2 Å². The number of carbonyl (C=O) groups is 1. The first-order valence-electron chi connectivity index (χ1n) is 12.3. The Bertz CT molecular complexity index is 1220. The quantitative estimate of drug-likeness (QED) is 0.378. The number of rotatable bonds is 7. The largest absolute Gasteiger partial charge is 0.489 e. The van der Waals surface area contributed by atoms with E-state index < -0.39 is 17.6 Å². The van der Waals surface area contributed by atoms with Gasteiger partial charge in [-0.1, -0.05) is 42.5 Å². The number of hydrogen-bond donors (Lipinski definition) is 2. The fraction of sp³-hybridized carbons (Fsp3) is 0.286. The summed E-state index contributed by atoms with van der Waals surface area (Å²) in [7, 11) is 0. The Kier molecular flexibility index (Phi) is 9.19. The van der Waals surface area contributed by atoms with Gasteiger partial charge in [-0.25, -0.2) is 0 Å². The maximum atomic E-state index is 13.2. The minimum absolute atomic E-state index is 0.00463. The molecule has 6 nitrogen and oxygen atoms in total. The van der Waals surface area contributed by atoms with E-state index in [0.29, 0.717) is 37.9 Å². The summed E-state index contributed by atoms with van der Waals surface area (Å²) in [6.07, 6.45) is -3.77. The van der Waals surface area contributed by atoms with Gasteiger partial charge in [-0.2, -0.15) is 13.2 Å². The van der Waals surface area contributed by atoms with Gasteiger partial charge in [-0.15, -0.1) is 0 Å². The Morgan fingerprint density at radius 2 is 1.58 bits per heavy atom. The summed E-state index contributed by atoms with van der Waals surface area (Å²) < 4.78 is 45.5. The van der Waals surface area contributed by atoms with Crippen LogP contribution in [0.3, 0.4) is 0 Å². The van der Waals surface area contributed by atoms with Crippen molar-refractivity contribution in [3.8, 4) is 5.75 Å². The van der Waals surface area contributed by atoms with Crippen molar-refractivity contribution in [1.29, 1.82) is 0 Å². The zero-order valence-corrected chi connectivity index (χ0v) is 21.5. The molecular weight excluding hydrogens is 513 g/mol. The zero-order chi connectivity index (χ0) is 27.0. The molecule has 0 atom stereocenters. The van der Waals surface area contributed by atoms with Crippen LogP contribution in [-0.2, 0) is 17.6 Å². The Morgan fingerprint density at radius 1 is 0.868 bits per heavy atom. The fourth-order valence-electron chi connectivity index (χ4n) is 4.14. The average molecular weight is 543 g/mol. The number of benzene rings is 3. The minimum Gasteiger partial charge on any atom is -0.489 e. The first-order valence-corrected chi connectivity index (χ1v) is 12.7. The summed E-state index contributed by atoms with van der Waals surface area (Å²) in [5, 5.41) is 6.24. The average Bonchev–Trinajstić information content (AvgIpc) is 3.14. The lowest BCUT2D eigenvalue weighted by atomic mass is 10.1. The van der Waals surface area contributed by atoms with Gasteiger partial charge in [-0.3, -0.25) is 9.69 Å². The highest BCUT2D eigenvalue weighted by Crippen LogP contribution is 2.34. The van der Waals surface area contributed by atoms with E-state index in [4.69, 9.17) is 17.0 Å². The Morgan fingerprint density at radius 3 is 2.32 bits per heavy atom. The van der Waals surface area contributed by atoms with Gasteiger partial charge in [-0.05, 0) is 60.6 Å². The lowest BCUT2D eigenvalue weighted by Gasteiger charge is -2.24. The van der Waals surface area contributed by atoms with Gasteiger partial charge in [0.05, 0.1) is 17.8 Å². The molecule has 0 radical (unpaired) electrons. The molecule has 4 rings (SSSR count). The van der Waals surface area contributed by atoms with E-state index in [1.165, 1.54) is 18.2 Å². The van der Waals surface area contributed by atoms with Crippen molar-refractivity contribution in [1.82, 2.24) is 9.80 Å². The van der Waals surface area contributed by atoms with Gasteiger partial charge in [0.2, 0.25) is 5.91 Å². The lowest BCUT2D eigenvalue weighted by Crippen LogP contribution is -2.39. The molecule has 1 aliphatic heterocycles. The molecule has 1 heterocycles. The van der Waals surface area contributed by atoms with Crippen LogP contribution in [0.25, 0.3) is 0 Å². The molecule has 0 aliphatic carbocycles. The van der Waals surface area contributed by atoms with Crippen molar-refractivity contribution in [3.63, 3.8) is 0 Å². The predicted molar refractivity (Wildman–Crippen MR) is 146 cm³/mol. The number of anilines is 2. The summed E-state index contributed by atoms with van der Waals surface area (Å²) >= 11 is 5.61. The van der Waals surface area contributed by atoms with Crippen molar-refractivity contribution in [2.24, 2.45) is 0 Å². The van der Waals surface area contributed by atoms with Crippen molar-refractivity contribution in [2.75, 3.05) is 43.4 Å². The number of nitrogens with zero attached hydrogens (tertiary/aromatic N) is 2. The normalized spacial score (nSPS) is 14.4. The van der Waals surface area contributed by atoms with Gasteiger partial charge >= 0.3 is 6.18 Å². The number of ether oxygens (including phenoxy) is 1. The third-order valence-corrected chi connectivity index (χ3v) is 6.46. The minimum atomic E-state index is -4.54. The molecule has 0 bridgehead atoms. The molecule has 200 valence electrons. The second-order valence-corrected chi connectivity index (χ2v) is 9.32. The van der Waals surface area contributed by atoms with Crippen LogP contribution in [0.1, 0.15) is 17.5 Å². The van der Waals surface area contributed by atoms with E-state index in [1.807, 2.05) is 64.4 Å². The molecule has 2 N–H and O–H groups in total. The molecule has 10 heteroatoms. The highest BCUT2D eigenvalue weighted by atomic mass is 32.1. The number of hydrogen-bond acceptors (Lipinski definition) is 4. The summed E-state index contributed by atoms with van der Waals surface area (Å²) in [4.78, 5) is 16.5. The number of alkyl halides is 3. The predicted octanol–water partition coefficient (Wildman–Crippen LogP) is 5.63. The van der Waals surface area contributed by atoms with Crippen molar-refractivity contribution >= 4 is 34.6 Å². The molecule has 38 heavy (non-hydrogen) atoms. The third kappa shape index (κ3) is 7.93. The third-order valence-electron chi connectivity index (χ3n) is 6.10. The second-order valence-electron chi connectivity index (χ2n) is 8.94. The van der Waals surface area contributed by atoms with Crippen LogP contribution in [0, 0.1) is 0 Å². The van der Waals surface area contributed by atoms with E-state index in [0.717, 1.165) is 29.5 Å². The highest BCUT2D eigenvalue weighted by Gasteiger charge is 2.33. The maximum Gasteiger partial charge on any atom is 0.418 e. The van der Waals surface area contributed by atoms with E-state index in [1.54, 1.807) is 0 Å². The standard InChI is InChI=1S/C28H29F3N4O2S/c29-28(30,31)24-9-4-5-10-25(24)33-26(36)19-34-15-6-16-35(18-17-34)27(38)32-22-11-13-23(14-12-22)37-20-21-7-2-1-3-8-21/h1-5,7-14H,6,15-20H2,(H,32,38)(H,33,36). The van der Waals surface area contributed by atoms with Crippen LogP contribution in [0.4, 0.5) is 24.5 Å². The maximum absolute atomic E-state index is 13.2. The van der Waals surface area contributed by atoms with E-state index >= 15 is 0 Å². The molecule has 3 aromatic rings. The van der Waals surface area contributed by atoms with Gasteiger partial charge < -0.3 is 20.3 Å². The summed E-state index contributed by atoms with van der Waals surface area (Å²) in [6.45, 7) is 2.99. The van der Waals surface area contributed by atoms with Crippen molar-refractivity contribution in [3.05, 3.63) is 90.0 Å². The van der Waals surface area contributed by atoms with E-state index in [2.05, 4.69) is 10.6 Å². The smallest absolute Gasteiger partial charge is 0.418 e. The second kappa shape index (κ2) is 12.7. The SMILES string of the molecule is O=C(CN1CCCN(C(=S)Nc2ccc(OCc3ccccc3)cc2)CC1)Nc1ccccc1C(F)(F)F. The summed E-state index contributed by atoms with van der Waals surface area (Å²) in [5.41, 5.74) is 0.839. The molecule has 3 aromatic carbocycles. The summed E-state index contributed by atoms with van der Waals surface area (Å²) in [5.74, 6) is 0.275. The Balaban J connectivity index is 1.24. The molecule has 0 unspecified atom stereocenters. The molecular formula is C28H29F3N4O2S. The van der Waals surface area contributed by atoms with Crippen molar-refractivity contribution < 1.29 is 22.7 Å². The number of para-hydroxylation sites is 1. The number of thiocarbonyl (C=S) groups is 1. The highest BCUT2D eigenvalue weighted by molar-refractivity contribution is 7.80. The Labute approximate surface area is 225 Å². The van der Waals surface area contributed by atoms with Gasteiger partial charge in [0, 0.05) is 31.9 Å². The van der Waals surface area contributed by atoms with Gasteiger partial charge in [0.15, 0.2) is 5.11 Å². The topological polar surface area (TPSA) is 56.8 Å². The van der Waals surface area contributed by atoms with Crippen LogP contribution in [0.15, 0.2) is 78.9 Å². The lowest BCUT2D eigenvalue weighted by molar-refractivity contribution is -0.137. The molecule has 1 fully saturated rings. The van der Waals surface area contributed by atoms with Crippen molar-refractivity contribution in [2.45, 2.75) is 19.2 Å². The van der Waals surface area contributed by atoms with Crippen LogP contribution in [0.5, 0.6) is 5.75 Å². The number of nitrogens with one attached hydrogen (secondary N) is 2. The molecule has 0 aromatic heterocycles. The number of halogens is 3. The van der Waals surface area contributed by atoms with Crippen LogP contribution < -0.4 is 15.4 Å². The molecule has 0 spiro atoms. The first-order chi connectivity index (χ1) is 18.3. The molecule has 1 saturated heterocycles. The first kappa shape index (κ1) is 27.4. The summed E-state index contributed by atoms with van der Waals surface area (Å²) in [6, 6.07) is 22.5. The van der Waals surface area contributed by atoms with E-state index in [9.17, 15) is 18.0 Å². The van der Waals surface area contributed by atoms with Crippen LogP contribution >= 0.6 is 12.2 Å². The fourth-order valence-corrected chi connectivity index (χ4v) is 4.44. The monoisotopic (exact) mass is 542 g/mol. The zero-order valence-electron chi connectivity index (χ0n) is 20.7. The Hall–Kier alpha value is -3.63. The molecule has 1 amide bonds. The number of carbonyl (C=O) groups excluding carboxylic acids is 1. The van der Waals surface area contributed by atoms with Gasteiger partial charge in [0.1, 0.15) is 12.4 Å². The number of amides is 1. The molecule has 1 aliphatic rings.